The fraction of sp³-hybridized carbons (Fsp3) is 0.158. The van der Waals surface area contributed by atoms with E-state index in [0.717, 1.165) is 0 Å². The van der Waals surface area contributed by atoms with Gasteiger partial charge in [0.05, 0.1) is 6.61 Å². The third-order valence-corrected chi connectivity index (χ3v) is 4.08. The summed E-state index contributed by atoms with van der Waals surface area (Å²) in [6.07, 6.45) is -1.17. The molecule has 3 rings (SSSR count). The number of ether oxygens (including phenoxy) is 2. The molecule has 1 atom stereocenters. The van der Waals surface area contributed by atoms with Gasteiger partial charge in [0.2, 0.25) is 6.10 Å². The van der Waals surface area contributed by atoms with Gasteiger partial charge in [0.25, 0.3) is 0 Å². The van der Waals surface area contributed by atoms with Crippen LogP contribution in [0.5, 0.6) is 5.75 Å². The lowest BCUT2D eigenvalue weighted by Crippen LogP contribution is -2.31. The summed E-state index contributed by atoms with van der Waals surface area (Å²) in [5, 5.41) is 10.3. The number of benzene rings is 2. The minimum Gasteiger partial charge on any atom is -0.478 e. The zero-order valence-corrected chi connectivity index (χ0v) is 14.5. The normalized spacial score (nSPS) is 12.1. The Morgan fingerprint density at radius 3 is 2.65 bits per heavy atom. The van der Waals surface area contributed by atoms with Crippen molar-refractivity contribution >= 4 is 28.5 Å². The first kappa shape index (κ1) is 18.0. The monoisotopic (exact) mass is 374 g/mol. The van der Waals surface area contributed by atoms with Gasteiger partial charge in [-0.25, -0.2) is 9.59 Å². The summed E-state index contributed by atoms with van der Waals surface area (Å²) in [6.45, 7) is -0.114. The number of carboxylic acids is 1. The summed E-state index contributed by atoms with van der Waals surface area (Å²) >= 11 is 6.24. The van der Waals surface area contributed by atoms with Crippen LogP contribution in [0, 0.1) is 0 Å². The highest BCUT2D eigenvalue weighted by molar-refractivity contribution is 6.33. The van der Waals surface area contributed by atoms with E-state index in [1.165, 1.54) is 19.2 Å². The van der Waals surface area contributed by atoms with Gasteiger partial charge in [-0.15, -0.1) is 0 Å². The van der Waals surface area contributed by atoms with E-state index in [9.17, 15) is 9.59 Å². The smallest absolute Gasteiger partial charge is 0.347 e. The molecule has 1 N–H and O–H groups in total. The Hall–Kier alpha value is -2.83. The Bertz CT molecular complexity index is 1010. The van der Waals surface area contributed by atoms with Crippen molar-refractivity contribution in [3.05, 3.63) is 64.0 Å². The maximum Gasteiger partial charge on any atom is 0.347 e. The Kier molecular flexibility index (Phi) is 5.25. The molecule has 6 nitrogen and oxygen atoms in total. The number of carboxylic acid groups (broad SMARTS) is 1. The van der Waals surface area contributed by atoms with Crippen LogP contribution >= 0.6 is 11.6 Å². The highest BCUT2D eigenvalue weighted by Gasteiger charge is 2.20. The molecule has 0 fully saturated rings. The topological polar surface area (TPSA) is 86.0 Å². The van der Waals surface area contributed by atoms with Gasteiger partial charge in [0.1, 0.15) is 11.3 Å². The molecule has 2 aromatic carbocycles. The zero-order chi connectivity index (χ0) is 18.7. The Labute approximate surface area is 153 Å². The Morgan fingerprint density at radius 1 is 1.19 bits per heavy atom. The highest BCUT2D eigenvalue weighted by Crippen LogP contribution is 2.33. The third-order valence-electron chi connectivity index (χ3n) is 3.75. The summed E-state index contributed by atoms with van der Waals surface area (Å²) < 4.78 is 15.5. The second-order valence-electron chi connectivity index (χ2n) is 5.52. The van der Waals surface area contributed by atoms with Crippen LogP contribution < -0.4 is 10.4 Å². The molecule has 134 valence electrons. The SMILES string of the molecule is COCC(Oc1ccc2c(-c3ccccc3Cl)cc(=O)oc2c1)C(=O)O. The summed E-state index contributed by atoms with van der Waals surface area (Å²) in [5.74, 6) is -0.903. The van der Waals surface area contributed by atoms with E-state index in [-0.39, 0.29) is 17.9 Å². The first-order chi connectivity index (χ1) is 12.5. The molecule has 0 saturated heterocycles. The van der Waals surface area contributed by atoms with Gasteiger partial charge >= 0.3 is 11.6 Å². The van der Waals surface area contributed by atoms with Crippen molar-refractivity contribution in [1.82, 2.24) is 0 Å². The van der Waals surface area contributed by atoms with Crippen molar-refractivity contribution in [2.45, 2.75) is 6.10 Å². The number of methoxy groups -OCH3 is 1. The van der Waals surface area contributed by atoms with Crippen LogP contribution in [0.15, 0.2) is 57.7 Å². The fourth-order valence-electron chi connectivity index (χ4n) is 2.59. The molecule has 1 unspecified atom stereocenters. The van der Waals surface area contributed by atoms with Gasteiger partial charge in [-0.2, -0.15) is 0 Å². The fourth-order valence-corrected chi connectivity index (χ4v) is 2.83. The van der Waals surface area contributed by atoms with Crippen LogP contribution in [0.25, 0.3) is 22.1 Å². The van der Waals surface area contributed by atoms with E-state index >= 15 is 0 Å². The minimum atomic E-state index is -1.17. The molecular weight excluding hydrogens is 360 g/mol. The maximum absolute atomic E-state index is 12.0. The molecule has 0 bridgehead atoms. The largest absolute Gasteiger partial charge is 0.478 e. The van der Waals surface area contributed by atoms with Gasteiger partial charge in [-0.3, -0.25) is 0 Å². The van der Waals surface area contributed by atoms with Crippen molar-refractivity contribution < 1.29 is 23.8 Å². The van der Waals surface area contributed by atoms with Gasteiger partial charge in [-0.1, -0.05) is 29.8 Å². The predicted octanol–water partition coefficient (Wildman–Crippen LogP) is 3.59. The lowest BCUT2D eigenvalue weighted by atomic mass is 10.0. The third kappa shape index (κ3) is 3.71. The first-order valence-electron chi connectivity index (χ1n) is 7.71. The maximum atomic E-state index is 12.0. The molecule has 0 aliphatic heterocycles. The number of aliphatic carboxylic acids is 1. The van der Waals surface area contributed by atoms with Crippen molar-refractivity contribution in [2.24, 2.45) is 0 Å². The number of hydrogen-bond acceptors (Lipinski definition) is 5. The molecule has 1 aromatic heterocycles. The van der Waals surface area contributed by atoms with Gasteiger partial charge in [0.15, 0.2) is 0 Å². The first-order valence-corrected chi connectivity index (χ1v) is 8.08. The van der Waals surface area contributed by atoms with E-state index in [1.54, 1.807) is 30.3 Å². The summed E-state index contributed by atoms with van der Waals surface area (Å²) in [4.78, 5) is 23.2. The minimum absolute atomic E-state index is 0.114. The van der Waals surface area contributed by atoms with Crippen LogP contribution in [-0.2, 0) is 9.53 Å². The number of hydrogen-bond donors (Lipinski definition) is 1. The average molecular weight is 375 g/mol. The van der Waals surface area contributed by atoms with Crippen molar-refractivity contribution in [3.8, 4) is 16.9 Å². The van der Waals surface area contributed by atoms with Crippen LogP contribution in [0.1, 0.15) is 0 Å². The van der Waals surface area contributed by atoms with Crippen molar-refractivity contribution in [2.75, 3.05) is 13.7 Å². The molecular formula is C19H15ClO6. The quantitative estimate of drug-likeness (QED) is 0.663. The molecule has 1 heterocycles. The number of fused-ring (bicyclic) bond motifs is 1. The van der Waals surface area contributed by atoms with Gasteiger partial charge < -0.3 is 19.0 Å². The van der Waals surface area contributed by atoms with Crippen LogP contribution in [0.4, 0.5) is 0 Å². The van der Waals surface area contributed by atoms with Gasteiger partial charge in [-0.05, 0) is 18.2 Å². The molecule has 0 saturated carbocycles. The van der Waals surface area contributed by atoms with Crippen molar-refractivity contribution in [3.63, 3.8) is 0 Å². The molecule has 0 aliphatic carbocycles. The second kappa shape index (κ2) is 7.59. The standard InChI is InChI=1S/C19H15ClO6/c1-24-10-17(19(22)23)25-11-6-7-13-14(9-18(21)26-16(13)8-11)12-4-2-3-5-15(12)20/h2-9,17H,10H2,1H3,(H,22,23). The van der Waals surface area contributed by atoms with Crippen molar-refractivity contribution in [1.29, 1.82) is 0 Å². The molecule has 0 radical (unpaired) electrons. The lowest BCUT2D eigenvalue weighted by molar-refractivity contribution is -0.147. The predicted molar refractivity (Wildman–Crippen MR) is 96.9 cm³/mol. The molecule has 7 heteroatoms. The summed E-state index contributed by atoms with van der Waals surface area (Å²) in [5.41, 5.74) is 1.05. The van der Waals surface area contributed by atoms with Crippen LogP contribution in [-0.4, -0.2) is 30.9 Å². The Balaban J connectivity index is 2.08. The lowest BCUT2D eigenvalue weighted by Gasteiger charge is -2.15. The van der Waals surface area contributed by atoms with E-state index < -0.39 is 17.7 Å². The molecule has 0 aliphatic rings. The highest BCUT2D eigenvalue weighted by atomic mass is 35.5. The summed E-state index contributed by atoms with van der Waals surface area (Å²) in [7, 11) is 1.38. The molecule has 3 aromatic rings. The van der Waals surface area contributed by atoms with E-state index in [2.05, 4.69) is 0 Å². The zero-order valence-electron chi connectivity index (χ0n) is 13.8. The number of halogens is 1. The Morgan fingerprint density at radius 2 is 1.96 bits per heavy atom. The summed E-state index contributed by atoms with van der Waals surface area (Å²) in [6, 6.07) is 13.3. The molecule has 26 heavy (non-hydrogen) atoms. The molecule has 0 amide bonds. The molecule has 0 spiro atoms. The van der Waals surface area contributed by atoms with Crippen LogP contribution in [0.2, 0.25) is 5.02 Å². The van der Waals surface area contributed by atoms with Gasteiger partial charge in [0, 0.05) is 40.8 Å². The number of carbonyl (C=O) groups is 1. The number of rotatable bonds is 6. The second-order valence-corrected chi connectivity index (χ2v) is 5.92. The van der Waals surface area contributed by atoms with E-state index in [0.29, 0.717) is 21.5 Å². The van der Waals surface area contributed by atoms with E-state index in [4.69, 9.17) is 30.6 Å². The average Bonchev–Trinajstić information content (AvgIpc) is 2.60. The van der Waals surface area contributed by atoms with E-state index in [1.807, 2.05) is 6.07 Å². The van der Waals surface area contributed by atoms with Crippen LogP contribution in [0.3, 0.4) is 0 Å².